The Bertz CT molecular complexity index is 1070. The van der Waals surface area contributed by atoms with Crippen LogP contribution in [0.5, 0.6) is 0 Å². The molecular formula is C19H20FN3O2S. The lowest BCUT2D eigenvalue weighted by Crippen LogP contribution is -2.26. The molecule has 1 aliphatic heterocycles. The van der Waals surface area contributed by atoms with Gasteiger partial charge in [-0.3, -0.25) is 4.98 Å². The third-order valence-corrected chi connectivity index (χ3v) is 6.84. The highest BCUT2D eigenvalue weighted by Gasteiger charge is 2.27. The van der Waals surface area contributed by atoms with Crippen LogP contribution in [0.2, 0.25) is 0 Å². The highest BCUT2D eigenvalue weighted by molar-refractivity contribution is 7.90. The fourth-order valence-corrected chi connectivity index (χ4v) is 5.25. The fraction of sp³-hybridized carbons (Fsp3) is 0.316. The first-order valence-electron chi connectivity index (χ1n) is 8.67. The Labute approximate surface area is 151 Å². The number of nitrogens with one attached hydrogen (secondary N) is 1. The van der Waals surface area contributed by atoms with Gasteiger partial charge in [-0.2, -0.15) is 0 Å². The highest BCUT2D eigenvalue weighted by atomic mass is 32.2. The summed E-state index contributed by atoms with van der Waals surface area (Å²) >= 11 is 0. The second kappa shape index (κ2) is 6.48. The number of hydrogen-bond acceptors (Lipinski definition) is 4. The van der Waals surface area contributed by atoms with Crippen molar-refractivity contribution in [1.82, 2.24) is 14.3 Å². The molecule has 0 atom stereocenters. The molecule has 1 N–H and O–H groups in total. The summed E-state index contributed by atoms with van der Waals surface area (Å²) < 4.78 is 41.6. The van der Waals surface area contributed by atoms with E-state index in [2.05, 4.69) is 10.3 Å². The standard InChI is InChI=1S/C19H20FN3O2S/c1-13-4-2-3-5-18(13)26(24,25)23-12-16(14-6-8-21-9-7-14)19-17(23)10-15(20)11-22-19/h2-5,10-12,14,21H,6-9H2,1H3. The normalized spacial score (nSPS) is 16.2. The minimum Gasteiger partial charge on any atom is -0.317 e. The van der Waals surface area contributed by atoms with Gasteiger partial charge in [0.05, 0.1) is 22.1 Å². The van der Waals surface area contributed by atoms with Gasteiger partial charge < -0.3 is 5.32 Å². The van der Waals surface area contributed by atoms with Gasteiger partial charge in [0.2, 0.25) is 0 Å². The van der Waals surface area contributed by atoms with Gasteiger partial charge in [0, 0.05) is 17.8 Å². The van der Waals surface area contributed by atoms with Gasteiger partial charge in [0.25, 0.3) is 10.0 Å². The maximum absolute atomic E-state index is 13.9. The van der Waals surface area contributed by atoms with E-state index in [1.165, 1.54) is 10.0 Å². The summed E-state index contributed by atoms with van der Waals surface area (Å²) in [5.74, 6) is -0.335. The fourth-order valence-electron chi connectivity index (χ4n) is 3.66. The molecule has 0 bridgehead atoms. The summed E-state index contributed by atoms with van der Waals surface area (Å²) in [7, 11) is -3.84. The quantitative estimate of drug-likeness (QED) is 0.766. The first-order chi connectivity index (χ1) is 12.5. The lowest BCUT2D eigenvalue weighted by atomic mass is 9.91. The number of benzene rings is 1. The predicted octanol–water partition coefficient (Wildman–Crippen LogP) is 3.19. The summed E-state index contributed by atoms with van der Waals surface area (Å²) in [4.78, 5) is 4.45. The number of fused-ring (bicyclic) bond motifs is 1. The number of pyridine rings is 1. The van der Waals surface area contributed by atoms with E-state index in [9.17, 15) is 12.8 Å². The van der Waals surface area contributed by atoms with Gasteiger partial charge >= 0.3 is 0 Å². The maximum atomic E-state index is 13.9. The van der Waals surface area contributed by atoms with E-state index in [1.807, 2.05) is 0 Å². The van der Waals surface area contributed by atoms with Crippen molar-refractivity contribution in [2.24, 2.45) is 0 Å². The van der Waals surface area contributed by atoms with Crippen molar-refractivity contribution in [3.05, 3.63) is 59.7 Å². The summed E-state index contributed by atoms with van der Waals surface area (Å²) in [5.41, 5.74) is 2.39. The van der Waals surface area contributed by atoms with Crippen LogP contribution in [0.25, 0.3) is 11.0 Å². The molecule has 0 aliphatic carbocycles. The second-order valence-electron chi connectivity index (χ2n) is 6.70. The van der Waals surface area contributed by atoms with Crippen LogP contribution in [0.4, 0.5) is 4.39 Å². The molecule has 4 rings (SSSR count). The van der Waals surface area contributed by atoms with Crippen LogP contribution in [0.15, 0.2) is 47.6 Å². The molecule has 1 aromatic carbocycles. The van der Waals surface area contributed by atoms with Crippen molar-refractivity contribution >= 4 is 21.1 Å². The van der Waals surface area contributed by atoms with Gasteiger partial charge in [0.1, 0.15) is 5.82 Å². The number of halogens is 1. The molecule has 0 saturated carbocycles. The summed E-state index contributed by atoms with van der Waals surface area (Å²) in [6.45, 7) is 3.51. The van der Waals surface area contributed by atoms with E-state index in [4.69, 9.17) is 0 Å². The average molecular weight is 373 g/mol. The lowest BCUT2D eigenvalue weighted by molar-refractivity contribution is 0.462. The van der Waals surface area contributed by atoms with Crippen molar-refractivity contribution in [3.63, 3.8) is 0 Å². The Balaban J connectivity index is 1.95. The number of aromatic nitrogens is 2. The zero-order chi connectivity index (χ0) is 18.3. The monoisotopic (exact) mass is 373 g/mol. The summed E-state index contributed by atoms with van der Waals surface area (Å²) in [6.07, 6.45) is 4.59. The lowest BCUT2D eigenvalue weighted by Gasteiger charge is -2.21. The third kappa shape index (κ3) is 2.81. The van der Waals surface area contributed by atoms with E-state index in [-0.39, 0.29) is 10.8 Å². The first-order valence-corrected chi connectivity index (χ1v) is 10.1. The molecule has 0 unspecified atom stereocenters. The molecule has 136 valence electrons. The molecule has 0 radical (unpaired) electrons. The van der Waals surface area contributed by atoms with Gasteiger partial charge in [-0.05, 0) is 50.4 Å². The van der Waals surface area contributed by atoms with E-state index >= 15 is 0 Å². The maximum Gasteiger partial charge on any atom is 0.268 e. The van der Waals surface area contributed by atoms with Crippen LogP contribution in [0.1, 0.15) is 29.9 Å². The molecule has 26 heavy (non-hydrogen) atoms. The van der Waals surface area contributed by atoms with Gasteiger partial charge in [-0.1, -0.05) is 18.2 Å². The van der Waals surface area contributed by atoms with E-state index in [0.29, 0.717) is 16.6 Å². The van der Waals surface area contributed by atoms with Crippen molar-refractivity contribution in [2.45, 2.75) is 30.6 Å². The minimum absolute atomic E-state index is 0.213. The van der Waals surface area contributed by atoms with Crippen molar-refractivity contribution < 1.29 is 12.8 Å². The van der Waals surface area contributed by atoms with E-state index in [1.54, 1.807) is 37.4 Å². The number of nitrogens with zero attached hydrogens (tertiary/aromatic N) is 2. The molecule has 2 aromatic heterocycles. The second-order valence-corrected chi connectivity index (χ2v) is 8.48. The molecular weight excluding hydrogens is 353 g/mol. The molecule has 1 fully saturated rings. The smallest absolute Gasteiger partial charge is 0.268 e. The van der Waals surface area contributed by atoms with Crippen molar-refractivity contribution in [1.29, 1.82) is 0 Å². The molecule has 3 aromatic rings. The number of hydrogen-bond donors (Lipinski definition) is 1. The number of rotatable bonds is 3. The van der Waals surface area contributed by atoms with Gasteiger partial charge in [-0.15, -0.1) is 0 Å². The highest BCUT2D eigenvalue weighted by Crippen LogP contribution is 2.34. The van der Waals surface area contributed by atoms with Crippen LogP contribution < -0.4 is 5.32 Å². The van der Waals surface area contributed by atoms with Crippen molar-refractivity contribution in [3.8, 4) is 0 Å². The Hall–Kier alpha value is -2.25. The average Bonchev–Trinajstić information content (AvgIpc) is 3.02. The molecule has 3 heterocycles. The Morgan fingerprint density at radius 1 is 1.23 bits per heavy atom. The predicted molar refractivity (Wildman–Crippen MR) is 98.3 cm³/mol. The van der Waals surface area contributed by atoms with Crippen LogP contribution in [-0.4, -0.2) is 30.5 Å². The Kier molecular flexibility index (Phi) is 4.28. The molecule has 1 saturated heterocycles. The SMILES string of the molecule is Cc1ccccc1S(=O)(=O)n1cc(C2CCNCC2)c2ncc(F)cc21. The minimum atomic E-state index is -3.84. The van der Waals surface area contributed by atoms with Crippen LogP contribution in [-0.2, 0) is 10.0 Å². The van der Waals surface area contributed by atoms with Crippen LogP contribution in [0, 0.1) is 12.7 Å². The Morgan fingerprint density at radius 2 is 1.96 bits per heavy atom. The zero-order valence-corrected chi connectivity index (χ0v) is 15.3. The molecule has 5 nitrogen and oxygen atoms in total. The van der Waals surface area contributed by atoms with Gasteiger partial charge in [0.15, 0.2) is 0 Å². The molecule has 1 aliphatic rings. The van der Waals surface area contributed by atoms with Crippen molar-refractivity contribution in [2.75, 3.05) is 13.1 Å². The number of aryl methyl sites for hydroxylation is 1. The van der Waals surface area contributed by atoms with Crippen LogP contribution >= 0.6 is 0 Å². The Morgan fingerprint density at radius 3 is 2.69 bits per heavy atom. The zero-order valence-electron chi connectivity index (χ0n) is 14.4. The van der Waals surface area contributed by atoms with Crippen LogP contribution in [0.3, 0.4) is 0 Å². The van der Waals surface area contributed by atoms with E-state index < -0.39 is 15.8 Å². The first kappa shape index (κ1) is 17.2. The molecule has 7 heteroatoms. The summed E-state index contributed by atoms with van der Waals surface area (Å²) in [6, 6.07) is 8.07. The molecule has 0 spiro atoms. The topological polar surface area (TPSA) is 64.0 Å². The third-order valence-electron chi connectivity index (χ3n) is 5.01. The van der Waals surface area contributed by atoms with Gasteiger partial charge in [-0.25, -0.2) is 16.8 Å². The summed E-state index contributed by atoms with van der Waals surface area (Å²) in [5, 5.41) is 3.31. The van der Waals surface area contributed by atoms with E-state index in [0.717, 1.165) is 37.7 Å². The number of piperidine rings is 1. The largest absolute Gasteiger partial charge is 0.317 e. The molecule has 0 amide bonds.